The lowest BCUT2D eigenvalue weighted by Gasteiger charge is -2.14. The van der Waals surface area contributed by atoms with Crippen LogP contribution in [0.1, 0.15) is 33.9 Å². The number of amides is 1. The fourth-order valence-electron chi connectivity index (χ4n) is 2.86. The number of fused-ring (bicyclic) bond motifs is 1. The second-order valence-corrected chi connectivity index (χ2v) is 7.23. The molecule has 1 atom stereocenters. The molecule has 1 aliphatic carbocycles. The highest BCUT2D eigenvalue weighted by Gasteiger charge is 2.27. The fraction of sp³-hybridized carbons (Fsp3) is 0.235. The monoisotopic (exact) mass is 330 g/mol. The summed E-state index contributed by atoms with van der Waals surface area (Å²) < 4.78 is 27.8. The van der Waals surface area contributed by atoms with Gasteiger partial charge in [0, 0.05) is 18.7 Å². The lowest BCUT2D eigenvalue weighted by atomic mass is 10.1. The van der Waals surface area contributed by atoms with Gasteiger partial charge in [0.25, 0.3) is 5.91 Å². The zero-order chi connectivity index (χ0) is 16.4. The first kappa shape index (κ1) is 15.7. The van der Waals surface area contributed by atoms with Crippen LogP contribution in [0, 0.1) is 0 Å². The Bertz CT molecular complexity index is 829. The van der Waals surface area contributed by atoms with Crippen LogP contribution in [0.3, 0.4) is 0 Å². The van der Waals surface area contributed by atoms with Crippen LogP contribution >= 0.6 is 0 Å². The predicted octanol–water partition coefficient (Wildman–Crippen LogP) is 2.01. The molecule has 0 bridgehead atoms. The van der Waals surface area contributed by atoms with Gasteiger partial charge < -0.3 is 5.32 Å². The Hall–Kier alpha value is -2.18. The highest BCUT2D eigenvalue weighted by Crippen LogP contribution is 2.32. The number of hydrogen-bond acceptors (Lipinski definition) is 3. The van der Waals surface area contributed by atoms with Crippen LogP contribution in [-0.4, -0.2) is 21.4 Å². The molecule has 2 N–H and O–H groups in total. The van der Waals surface area contributed by atoms with Crippen molar-refractivity contribution in [3.05, 3.63) is 65.2 Å². The van der Waals surface area contributed by atoms with Gasteiger partial charge in [0.15, 0.2) is 0 Å². The Balaban J connectivity index is 1.81. The zero-order valence-corrected chi connectivity index (χ0v) is 13.6. The fourth-order valence-corrected chi connectivity index (χ4v) is 4.11. The van der Waals surface area contributed by atoms with Gasteiger partial charge in [-0.05, 0) is 48.2 Å². The third-order valence-corrected chi connectivity index (χ3v) is 5.57. The van der Waals surface area contributed by atoms with Gasteiger partial charge >= 0.3 is 0 Å². The zero-order valence-electron chi connectivity index (χ0n) is 12.7. The SMILES string of the molecule is CNC(=O)c1ccc(S(=O)(=O)N[C@@H]2CCc3ccccc32)cc1. The average Bonchev–Trinajstić information content (AvgIpc) is 2.97. The van der Waals surface area contributed by atoms with Gasteiger partial charge in [-0.15, -0.1) is 0 Å². The molecule has 23 heavy (non-hydrogen) atoms. The number of carbonyl (C=O) groups excluding carboxylic acids is 1. The van der Waals surface area contributed by atoms with E-state index in [9.17, 15) is 13.2 Å². The second kappa shape index (κ2) is 6.14. The quantitative estimate of drug-likeness (QED) is 0.900. The number of carbonyl (C=O) groups is 1. The Morgan fingerprint density at radius 3 is 2.48 bits per heavy atom. The smallest absolute Gasteiger partial charge is 0.251 e. The van der Waals surface area contributed by atoms with Gasteiger partial charge in [-0.25, -0.2) is 13.1 Å². The molecule has 0 heterocycles. The number of sulfonamides is 1. The van der Waals surface area contributed by atoms with E-state index in [-0.39, 0.29) is 16.8 Å². The summed E-state index contributed by atoms with van der Waals surface area (Å²) in [6.07, 6.45) is 1.63. The lowest BCUT2D eigenvalue weighted by Crippen LogP contribution is -2.27. The first-order chi connectivity index (χ1) is 11.0. The van der Waals surface area contributed by atoms with E-state index < -0.39 is 10.0 Å². The molecule has 0 fully saturated rings. The topological polar surface area (TPSA) is 75.3 Å². The Kier molecular flexibility index (Phi) is 4.19. The first-order valence-corrected chi connectivity index (χ1v) is 8.92. The van der Waals surface area contributed by atoms with Gasteiger partial charge in [-0.2, -0.15) is 0 Å². The molecule has 5 nitrogen and oxygen atoms in total. The summed E-state index contributed by atoms with van der Waals surface area (Å²) in [4.78, 5) is 11.7. The van der Waals surface area contributed by atoms with Crippen LogP contribution in [0.5, 0.6) is 0 Å². The summed E-state index contributed by atoms with van der Waals surface area (Å²) in [5.41, 5.74) is 2.66. The van der Waals surface area contributed by atoms with Crippen molar-refractivity contribution in [2.45, 2.75) is 23.8 Å². The van der Waals surface area contributed by atoms with E-state index in [1.807, 2.05) is 24.3 Å². The molecular formula is C17H18N2O3S. The summed E-state index contributed by atoms with van der Waals surface area (Å²) in [5.74, 6) is -0.244. The van der Waals surface area contributed by atoms with Crippen molar-refractivity contribution >= 4 is 15.9 Å². The first-order valence-electron chi connectivity index (χ1n) is 7.43. The second-order valence-electron chi connectivity index (χ2n) is 5.51. The largest absolute Gasteiger partial charge is 0.355 e. The van der Waals surface area contributed by atoms with Gasteiger partial charge in [-0.3, -0.25) is 4.79 Å². The predicted molar refractivity (Wildman–Crippen MR) is 87.7 cm³/mol. The lowest BCUT2D eigenvalue weighted by molar-refractivity contribution is 0.0963. The molecule has 0 aromatic heterocycles. The maximum atomic E-state index is 12.5. The van der Waals surface area contributed by atoms with Crippen molar-refractivity contribution in [1.29, 1.82) is 0 Å². The molecule has 1 amide bonds. The van der Waals surface area contributed by atoms with E-state index in [2.05, 4.69) is 10.0 Å². The Morgan fingerprint density at radius 2 is 1.78 bits per heavy atom. The highest BCUT2D eigenvalue weighted by atomic mass is 32.2. The molecular weight excluding hydrogens is 312 g/mol. The molecule has 0 saturated heterocycles. The van der Waals surface area contributed by atoms with Crippen LogP contribution < -0.4 is 10.0 Å². The Labute approximate surface area is 135 Å². The Morgan fingerprint density at radius 1 is 1.09 bits per heavy atom. The van der Waals surface area contributed by atoms with Crippen molar-refractivity contribution in [2.24, 2.45) is 0 Å². The van der Waals surface area contributed by atoms with Crippen molar-refractivity contribution in [3.8, 4) is 0 Å². The highest BCUT2D eigenvalue weighted by molar-refractivity contribution is 7.89. The van der Waals surface area contributed by atoms with Crippen molar-refractivity contribution in [2.75, 3.05) is 7.05 Å². The summed E-state index contributed by atoms with van der Waals surface area (Å²) in [6.45, 7) is 0. The molecule has 6 heteroatoms. The number of aryl methyl sites for hydroxylation is 1. The number of hydrogen-bond donors (Lipinski definition) is 2. The summed E-state index contributed by atoms with van der Waals surface area (Å²) in [6, 6.07) is 13.6. The molecule has 2 aromatic carbocycles. The third-order valence-electron chi connectivity index (χ3n) is 4.08. The maximum absolute atomic E-state index is 12.5. The standard InChI is InChI=1S/C17H18N2O3S/c1-18-17(20)13-6-9-14(10-7-13)23(21,22)19-16-11-8-12-4-2-3-5-15(12)16/h2-7,9-10,16,19H,8,11H2,1H3,(H,18,20)/t16-/m1/s1. The molecule has 0 spiro atoms. The molecule has 0 aliphatic heterocycles. The minimum atomic E-state index is -3.62. The van der Waals surface area contributed by atoms with Crippen LogP contribution in [0.15, 0.2) is 53.4 Å². The summed E-state index contributed by atoms with van der Waals surface area (Å²) >= 11 is 0. The van der Waals surface area contributed by atoms with Crippen molar-refractivity contribution in [1.82, 2.24) is 10.0 Å². The minimum absolute atomic E-state index is 0.162. The van der Waals surface area contributed by atoms with E-state index >= 15 is 0 Å². The van der Waals surface area contributed by atoms with Crippen LogP contribution in [0.2, 0.25) is 0 Å². The molecule has 120 valence electrons. The van der Waals surface area contributed by atoms with Crippen molar-refractivity contribution < 1.29 is 13.2 Å². The maximum Gasteiger partial charge on any atom is 0.251 e. The van der Waals surface area contributed by atoms with Crippen LogP contribution in [0.4, 0.5) is 0 Å². The average molecular weight is 330 g/mol. The summed E-state index contributed by atoms with van der Waals surface area (Å²) in [7, 11) is -2.08. The molecule has 0 saturated carbocycles. The molecule has 0 unspecified atom stereocenters. The summed E-state index contributed by atoms with van der Waals surface area (Å²) in [5, 5.41) is 2.51. The van der Waals surface area contributed by atoms with Gasteiger partial charge in [0.2, 0.25) is 10.0 Å². The minimum Gasteiger partial charge on any atom is -0.355 e. The molecule has 3 rings (SSSR count). The van der Waals surface area contributed by atoms with Crippen molar-refractivity contribution in [3.63, 3.8) is 0 Å². The molecule has 1 aliphatic rings. The number of rotatable bonds is 4. The van der Waals surface area contributed by atoms with Crippen LogP contribution in [-0.2, 0) is 16.4 Å². The van der Waals surface area contributed by atoms with E-state index in [4.69, 9.17) is 0 Å². The number of benzene rings is 2. The van der Waals surface area contributed by atoms with E-state index in [0.717, 1.165) is 18.4 Å². The van der Waals surface area contributed by atoms with Gasteiger partial charge in [-0.1, -0.05) is 24.3 Å². The third kappa shape index (κ3) is 3.13. The number of nitrogens with one attached hydrogen (secondary N) is 2. The van der Waals surface area contributed by atoms with E-state index in [1.54, 1.807) is 0 Å². The van der Waals surface area contributed by atoms with E-state index in [1.165, 1.54) is 36.9 Å². The van der Waals surface area contributed by atoms with Crippen LogP contribution in [0.25, 0.3) is 0 Å². The molecule has 2 aromatic rings. The molecule has 0 radical (unpaired) electrons. The van der Waals surface area contributed by atoms with Gasteiger partial charge in [0.05, 0.1) is 4.90 Å². The van der Waals surface area contributed by atoms with E-state index in [0.29, 0.717) is 5.56 Å². The van der Waals surface area contributed by atoms with Gasteiger partial charge in [0.1, 0.15) is 0 Å². The normalized spacial score (nSPS) is 16.8.